The molecule has 0 bridgehead atoms. The van der Waals surface area contributed by atoms with Crippen molar-refractivity contribution in [3.05, 3.63) is 81.8 Å². The quantitative estimate of drug-likeness (QED) is 0.154. The van der Waals surface area contributed by atoms with E-state index in [-0.39, 0.29) is 0 Å². The molecule has 0 unspecified atom stereocenters. The molecule has 3 aromatic rings. The fourth-order valence-corrected chi connectivity index (χ4v) is 9.89. The van der Waals surface area contributed by atoms with Gasteiger partial charge in [-0.25, -0.2) is 0 Å². The molecule has 234 valence electrons. The highest BCUT2D eigenvalue weighted by molar-refractivity contribution is 8.29. The van der Waals surface area contributed by atoms with Gasteiger partial charge in [0.1, 0.15) is 17.3 Å². The van der Waals surface area contributed by atoms with Crippen LogP contribution in [-0.2, 0) is 52.8 Å². The predicted octanol–water partition coefficient (Wildman–Crippen LogP) is 5.30. The van der Waals surface area contributed by atoms with Gasteiger partial charge in [-0.3, -0.25) is 25.3 Å². The first-order valence-electron chi connectivity index (χ1n) is 10.6. The van der Waals surface area contributed by atoms with Gasteiger partial charge in [0.2, 0.25) is 0 Å². The predicted molar refractivity (Wildman–Crippen MR) is 136 cm³/mol. The molecule has 0 heterocycles. The summed E-state index contributed by atoms with van der Waals surface area (Å²) in [6.45, 7) is 0. The Balaban J connectivity index is 0.000000294. The molecule has 0 aliphatic heterocycles. The minimum absolute atomic E-state index is 0.333. The number of sulfone groups is 3. The standard InChI is InChI=1S/C18H16OS.C4F9O6S3/c19-17-10-8-14(9-11-17)12-20-13-16-6-3-5-15-4-1-2-7-18(15)16;5-2(6,7)20(14,15)1(21(16,17)3(8,9)10)22(18,19)4(11,12)13/h1-11,19H,12-13H2;/q;-1/p+1. The number of phenols is 1. The van der Waals surface area contributed by atoms with E-state index < -0.39 is 50.0 Å². The van der Waals surface area contributed by atoms with Crippen molar-refractivity contribution in [2.75, 3.05) is 0 Å². The molecule has 0 fully saturated rings. The van der Waals surface area contributed by atoms with Crippen molar-refractivity contribution in [1.82, 2.24) is 0 Å². The summed E-state index contributed by atoms with van der Waals surface area (Å²) in [5.74, 6) is 2.41. The van der Waals surface area contributed by atoms with E-state index in [0.29, 0.717) is 5.75 Å². The molecule has 0 aliphatic rings. The number of hydrogen-bond donors (Lipinski definition) is 1. The third kappa shape index (κ3) is 7.81. The zero-order chi connectivity index (χ0) is 32.4. The molecule has 20 heteroatoms. The molecule has 1 N–H and O–H groups in total. The Bertz CT molecular complexity index is 1600. The van der Waals surface area contributed by atoms with Crippen LogP contribution in [0.2, 0.25) is 0 Å². The summed E-state index contributed by atoms with van der Waals surface area (Å²) in [5, 5.41) is 11.9. The number of hydrogen-bond acceptors (Lipinski definition) is 7. The Morgan fingerprint density at radius 1 is 0.595 bits per heavy atom. The van der Waals surface area contributed by atoms with Crippen LogP contribution in [0.5, 0.6) is 5.75 Å². The monoisotopic (exact) mass is 692 g/mol. The average molecular weight is 693 g/mol. The topological polar surface area (TPSA) is 123 Å². The van der Waals surface area contributed by atoms with E-state index in [2.05, 4.69) is 42.5 Å². The highest BCUT2D eigenvalue weighted by Gasteiger charge is 2.63. The fourth-order valence-electron chi connectivity index (χ4n) is 3.05. The molecule has 3 aromatic carbocycles. The number of aromatic hydroxyl groups is 1. The lowest BCUT2D eigenvalue weighted by Crippen LogP contribution is -2.47. The lowest BCUT2D eigenvalue weighted by molar-refractivity contribution is -0.0471. The molecule has 0 atom stereocenters. The van der Waals surface area contributed by atoms with Crippen molar-refractivity contribution in [2.24, 2.45) is 0 Å². The summed E-state index contributed by atoms with van der Waals surface area (Å²) < 4.78 is 167. The molecule has 0 radical (unpaired) electrons. The second-order valence-electron chi connectivity index (χ2n) is 7.94. The van der Waals surface area contributed by atoms with Crippen LogP contribution in [0.4, 0.5) is 39.5 Å². The first-order chi connectivity index (χ1) is 18.9. The minimum atomic E-state index is -8.02. The van der Waals surface area contributed by atoms with E-state index in [4.69, 9.17) is 0 Å². The van der Waals surface area contributed by atoms with Crippen LogP contribution in [-0.4, -0.2) is 46.9 Å². The highest BCUT2D eigenvalue weighted by atomic mass is 32.3. The van der Waals surface area contributed by atoms with Gasteiger partial charge >= 0.3 is 16.5 Å². The van der Waals surface area contributed by atoms with Crippen molar-refractivity contribution in [2.45, 2.75) is 28.0 Å². The fraction of sp³-hybridized carbons (Fsp3) is 0.227. The third-order valence-corrected chi connectivity index (χ3v) is 13.2. The Morgan fingerprint density at radius 2 is 1.02 bits per heavy atom. The maximum Gasteiger partial charge on any atom is 0.470 e. The number of alkyl halides is 9. The first kappa shape index (κ1) is 35.5. The molecule has 0 saturated carbocycles. The Kier molecular flexibility index (Phi) is 10.6. The van der Waals surface area contributed by atoms with Crippen LogP contribution in [0.25, 0.3) is 10.8 Å². The van der Waals surface area contributed by atoms with Gasteiger partial charge < -0.3 is 5.11 Å². The summed E-state index contributed by atoms with van der Waals surface area (Å²) in [4.78, 5) is 0. The van der Waals surface area contributed by atoms with Gasteiger partial charge in [-0.05, 0) is 34.7 Å². The average Bonchev–Trinajstić information content (AvgIpc) is 2.83. The minimum Gasteiger partial charge on any atom is -0.508 e. The molecular formula is C22H17F9O7S4. The molecular weight excluding hydrogens is 675 g/mol. The second-order valence-corrected chi connectivity index (χ2v) is 15.4. The van der Waals surface area contributed by atoms with Crippen LogP contribution < -0.4 is 0 Å². The number of phenolic OH excluding ortho intramolecular Hbond substituents is 1. The normalized spacial score (nSPS) is 13.6. The van der Waals surface area contributed by atoms with Crippen LogP contribution >= 0.6 is 0 Å². The smallest absolute Gasteiger partial charge is 0.470 e. The zero-order valence-corrected chi connectivity index (χ0v) is 23.6. The van der Waals surface area contributed by atoms with E-state index in [1.165, 1.54) is 33.7 Å². The zero-order valence-electron chi connectivity index (χ0n) is 20.2. The molecule has 0 spiro atoms. The van der Waals surface area contributed by atoms with Gasteiger partial charge in [-0.15, -0.1) is 0 Å². The van der Waals surface area contributed by atoms with Gasteiger partial charge in [-0.1, -0.05) is 54.6 Å². The number of rotatable bonds is 7. The summed E-state index contributed by atoms with van der Waals surface area (Å²) in [6.07, 6.45) is 0. The maximum absolute atomic E-state index is 12.0. The molecule has 0 aliphatic carbocycles. The molecule has 0 amide bonds. The van der Waals surface area contributed by atoms with Gasteiger partial charge in [0.05, 0.1) is 3.91 Å². The van der Waals surface area contributed by atoms with Crippen molar-refractivity contribution in [1.29, 1.82) is 0 Å². The van der Waals surface area contributed by atoms with Crippen molar-refractivity contribution < 1.29 is 69.9 Å². The Hall–Kier alpha value is -2.71. The SMILES string of the molecule is O=S(=O)([C-](S(=O)(=O)C(F)(F)F)S(=O)(=O)C(F)(F)F)C(F)(F)F.Oc1ccc(C[SH+]Cc2cccc3ccccc23)cc1. The van der Waals surface area contributed by atoms with Gasteiger partial charge in [0.15, 0.2) is 29.5 Å². The third-order valence-electron chi connectivity index (χ3n) is 4.97. The number of thiol groups is 1. The van der Waals surface area contributed by atoms with Crippen molar-refractivity contribution >= 4 is 52.0 Å². The van der Waals surface area contributed by atoms with E-state index >= 15 is 0 Å². The van der Waals surface area contributed by atoms with E-state index in [1.54, 1.807) is 12.1 Å². The molecule has 0 saturated heterocycles. The Morgan fingerprint density at radius 3 is 1.48 bits per heavy atom. The Labute approximate surface area is 237 Å². The molecule has 7 nitrogen and oxygen atoms in total. The van der Waals surface area contributed by atoms with Crippen LogP contribution in [0.3, 0.4) is 0 Å². The summed E-state index contributed by atoms with van der Waals surface area (Å²) in [6, 6.07) is 22.5. The van der Waals surface area contributed by atoms with E-state index in [9.17, 15) is 69.9 Å². The summed E-state index contributed by atoms with van der Waals surface area (Å²) in [5.41, 5.74) is -18.5. The highest BCUT2D eigenvalue weighted by Crippen LogP contribution is 2.47. The first-order valence-corrected chi connectivity index (χ1v) is 16.3. The molecule has 0 aromatic heterocycles. The van der Waals surface area contributed by atoms with Gasteiger partial charge in [0, 0.05) is 11.1 Å². The number of fused-ring (bicyclic) bond motifs is 1. The van der Waals surface area contributed by atoms with Crippen LogP contribution in [0, 0.1) is 3.91 Å². The second kappa shape index (κ2) is 12.5. The van der Waals surface area contributed by atoms with Crippen molar-refractivity contribution in [3.8, 4) is 5.75 Å². The lowest BCUT2D eigenvalue weighted by atomic mass is 10.1. The van der Waals surface area contributed by atoms with Gasteiger partial charge in [-0.2, -0.15) is 39.5 Å². The molecule has 42 heavy (non-hydrogen) atoms. The molecule has 3 rings (SSSR count). The lowest BCUT2D eigenvalue weighted by Gasteiger charge is -2.31. The van der Waals surface area contributed by atoms with Crippen LogP contribution in [0.15, 0.2) is 66.7 Å². The van der Waals surface area contributed by atoms with E-state index in [0.717, 1.165) is 11.5 Å². The van der Waals surface area contributed by atoms with E-state index in [1.807, 2.05) is 12.1 Å². The van der Waals surface area contributed by atoms with Crippen LogP contribution in [0.1, 0.15) is 11.1 Å². The summed E-state index contributed by atoms with van der Waals surface area (Å²) >= 11 is 1.38. The number of benzene rings is 3. The maximum atomic E-state index is 12.0. The summed E-state index contributed by atoms with van der Waals surface area (Å²) in [7, 11) is -24.1. The number of halogens is 9. The van der Waals surface area contributed by atoms with Crippen molar-refractivity contribution in [3.63, 3.8) is 0 Å². The van der Waals surface area contributed by atoms with Gasteiger partial charge in [0.25, 0.3) is 0 Å². The largest absolute Gasteiger partial charge is 0.508 e.